The molecule has 0 saturated heterocycles. The van der Waals surface area contributed by atoms with Crippen LogP contribution in [0.15, 0.2) is 29.8 Å². The lowest BCUT2D eigenvalue weighted by Crippen LogP contribution is -2.10. The van der Waals surface area contributed by atoms with Gasteiger partial charge in [0.05, 0.1) is 23.0 Å². The van der Waals surface area contributed by atoms with Gasteiger partial charge in [-0.3, -0.25) is 0 Å². The number of hydrogen-bond donors (Lipinski definition) is 0. The lowest BCUT2D eigenvalue weighted by atomic mass is 10.2. The third-order valence-electron chi connectivity index (χ3n) is 3.30. The van der Waals surface area contributed by atoms with Crippen LogP contribution in [0.2, 0.25) is 0 Å². The molecule has 5 heteroatoms. The highest BCUT2D eigenvalue weighted by Crippen LogP contribution is 2.29. The first-order valence-electron chi connectivity index (χ1n) is 6.14. The third-order valence-corrected chi connectivity index (χ3v) is 4.49. The quantitative estimate of drug-likeness (QED) is 0.679. The van der Waals surface area contributed by atoms with Gasteiger partial charge in [-0.1, -0.05) is 12.1 Å². The molecule has 2 aromatic heterocycles. The molecule has 1 atom stereocenters. The highest BCUT2D eigenvalue weighted by Gasteiger charge is 2.19. The van der Waals surface area contributed by atoms with E-state index in [0.29, 0.717) is 5.88 Å². The Labute approximate surface area is 120 Å². The first kappa shape index (κ1) is 12.6. The first-order chi connectivity index (χ1) is 9.22. The Bertz CT molecular complexity index is 703. The molecule has 0 saturated carbocycles. The van der Waals surface area contributed by atoms with Crippen molar-refractivity contribution in [2.45, 2.75) is 25.8 Å². The minimum Gasteiger partial charge on any atom is -0.317 e. The van der Waals surface area contributed by atoms with Crippen molar-refractivity contribution in [3.05, 3.63) is 46.2 Å². The largest absolute Gasteiger partial charge is 0.317 e. The Morgan fingerprint density at radius 3 is 2.95 bits per heavy atom. The van der Waals surface area contributed by atoms with E-state index in [1.165, 1.54) is 5.56 Å². The monoisotopic (exact) mass is 291 g/mol. The molecule has 0 N–H and O–H groups in total. The van der Waals surface area contributed by atoms with Gasteiger partial charge in [0.1, 0.15) is 10.8 Å². The Kier molecular flexibility index (Phi) is 3.29. The third kappa shape index (κ3) is 2.05. The van der Waals surface area contributed by atoms with Crippen molar-refractivity contribution in [1.82, 2.24) is 14.5 Å². The molecule has 1 aromatic carbocycles. The molecule has 0 amide bonds. The number of rotatable bonds is 3. The summed E-state index contributed by atoms with van der Waals surface area (Å²) in [4.78, 5) is 9.04. The van der Waals surface area contributed by atoms with Crippen LogP contribution >= 0.6 is 22.9 Å². The summed E-state index contributed by atoms with van der Waals surface area (Å²) in [5.74, 6) is 1.30. The van der Waals surface area contributed by atoms with Gasteiger partial charge in [0.2, 0.25) is 0 Å². The van der Waals surface area contributed by atoms with Crippen LogP contribution in [-0.4, -0.2) is 14.5 Å². The maximum absolute atomic E-state index is 6.06. The van der Waals surface area contributed by atoms with Crippen LogP contribution in [-0.2, 0) is 5.88 Å². The average molecular weight is 292 g/mol. The zero-order valence-electron chi connectivity index (χ0n) is 10.8. The van der Waals surface area contributed by atoms with E-state index in [4.69, 9.17) is 11.6 Å². The Hall–Kier alpha value is -1.39. The van der Waals surface area contributed by atoms with Crippen LogP contribution in [0.3, 0.4) is 0 Å². The number of aryl methyl sites for hydroxylation is 1. The Morgan fingerprint density at radius 2 is 2.26 bits per heavy atom. The van der Waals surface area contributed by atoms with Crippen molar-refractivity contribution in [2.24, 2.45) is 0 Å². The van der Waals surface area contributed by atoms with Gasteiger partial charge in [-0.25, -0.2) is 9.97 Å². The molecule has 98 valence electrons. The summed E-state index contributed by atoms with van der Waals surface area (Å²) in [6, 6.07) is 6.32. The number of fused-ring (bicyclic) bond motifs is 1. The number of alkyl halides is 1. The molecule has 0 aliphatic rings. The first-order valence-corrected chi connectivity index (χ1v) is 7.55. The van der Waals surface area contributed by atoms with Crippen LogP contribution in [0.25, 0.3) is 11.0 Å². The molecule has 19 heavy (non-hydrogen) atoms. The molecule has 0 radical (unpaired) electrons. The normalized spacial score (nSPS) is 13.0. The average Bonchev–Trinajstić information content (AvgIpc) is 3.05. The van der Waals surface area contributed by atoms with Gasteiger partial charge in [-0.05, 0) is 25.5 Å². The molecule has 0 spiro atoms. The number of aromatic nitrogens is 3. The van der Waals surface area contributed by atoms with E-state index in [2.05, 4.69) is 34.4 Å². The van der Waals surface area contributed by atoms with Gasteiger partial charge < -0.3 is 4.57 Å². The number of para-hydroxylation sites is 1. The highest BCUT2D eigenvalue weighted by molar-refractivity contribution is 7.09. The van der Waals surface area contributed by atoms with Crippen molar-refractivity contribution in [3.8, 4) is 0 Å². The molecule has 3 rings (SSSR count). The van der Waals surface area contributed by atoms with Gasteiger partial charge in [0.15, 0.2) is 0 Å². The predicted octanol–water partition coefficient (Wildman–Crippen LogP) is 4.15. The number of imidazole rings is 1. The van der Waals surface area contributed by atoms with Gasteiger partial charge in [-0.2, -0.15) is 0 Å². The lowest BCUT2D eigenvalue weighted by molar-refractivity contribution is 0.629. The van der Waals surface area contributed by atoms with Crippen molar-refractivity contribution >= 4 is 34.0 Å². The van der Waals surface area contributed by atoms with Gasteiger partial charge in [-0.15, -0.1) is 22.9 Å². The second kappa shape index (κ2) is 4.94. The number of thiazole rings is 1. The fourth-order valence-electron chi connectivity index (χ4n) is 2.43. The zero-order chi connectivity index (χ0) is 13.4. The van der Waals surface area contributed by atoms with E-state index in [9.17, 15) is 0 Å². The van der Waals surface area contributed by atoms with E-state index < -0.39 is 0 Å². The maximum atomic E-state index is 6.06. The molecule has 0 fully saturated rings. The Balaban J connectivity index is 2.26. The SMILES string of the molecule is Cc1cccc2nc(CCl)n(C(C)c3nccs3)c12. The van der Waals surface area contributed by atoms with Crippen LogP contribution in [0.4, 0.5) is 0 Å². The topological polar surface area (TPSA) is 30.7 Å². The fraction of sp³-hybridized carbons (Fsp3) is 0.286. The number of benzene rings is 1. The van der Waals surface area contributed by atoms with Crippen LogP contribution in [0.1, 0.15) is 29.4 Å². The predicted molar refractivity (Wildman–Crippen MR) is 80.0 cm³/mol. The Morgan fingerprint density at radius 1 is 1.42 bits per heavy atom. The van der Waals surface area contributed by atoms with E-state index in [-0.39, 0.29) is 6.04 Å². The molecule has 0 bridgehead atoms. The summed E-state index contributed by atoms with van der Waals surface area (Å²) < 4.78 is 2.20. The molecule has 2 heterocycles. The molecule has 3 aromatic rings. The molecule has 0 aliphatic heterocycles. The van der Waals surface area contributed by atoms with Crippen molar-refractivity contribution in [2.75, 3.05) is 0 Å². The number of hydrogen-bond acceptors (Lipinski definition) is 3. The molecule has 3 nitrogen and oxygen atoms in total. The second-order valence-electron chi connectivity index (χ2n) is 4.52. The van der Waals surface area contributed by atoms with Gasteiger partial charge in [0, 0.05) is 11.6 Å². The van der Waals surface area contributed by atoms with E-state index in [0.717, 1.165) is 21.9 Å². The van der Waals surface area contributed by atoms with Crippen molar-refractivity contribution < 1.29 is 0 Å². The van der Waals surface area contributed by atoms with Gasteiger partial charge in [0.25, 0.3) is 0 Å². The van der Waals surface area contributed by atoms with Crippen molar-refractivity contribution in [1.29, 1.82) is 0 Å². The van der Waals surface area contributed by atoms with E-state index >= 15 is 0 Å². The zero-order valence-corrected chi connectivity index (χ0v) is 12.4. The molecule has 0 aliphatic carbocycles. The van der Waals surface area contributed by atoms with Crippen LogP contribution in [0, 0.1) is 6.92 Å². The second-order valence-corrected chi connectivity index (χ2v) is 5.71. The maximum Gasteiger partial charge on any atom is 0.125 e. The summed E-state index contributed by atoms with van der Waals surface area (Å²) in [5.41, 5.74) is 3.37. The van der Waals surface area contributed by atoms with Crippen molar-refractivity contribution in [3.63, 3.8) is 0 Å². The fourth-order valence-corrected chi connectivity index (χ4v) is 3.31. The van der Waals surface area contributed by atoms with E-state index in [1.54, 1.807) is 11.3 Å². The minimum atomic E-state index is 0.153. The summed E-state index contributed by atoms with van der Waals surface area (Å²) in [6.45, 7) is 4.25. The van der Waals surface area contributed by atoms with Crippen LogP contribution < -0.4 is 0 Å². The van der Waals surface area contributed by atoms with E-state index in [1.807, 2.05) is 23.7 Å². The standard InChI is InChI=1S/C14H14ClN3S/c1-9-4-3-5-11-13(9)18(12(8-15)17-11)10(2)14-16-6-7-19-14/h3-7,10H,8H2,1-2H3. The smallest absolute Gasteiger partial charge is 0.125 e. The molecular formula is C14H14ClN3S. The van der Waals surface area contributed by atoms with Crippen LogP contribution in [0.5, 0.6) is 0 Å². The molecule has 1 unspecified atom stereocenters. The van der Waals surface area contributed by atoms with Gasteiger partial charge >= 0.3 is 0 Å². The number of nitrogens with zero attached hydrogens (tertiary/aromatic N) is 3. The summed E-state index contributed by atoms with van der Waals surface area (Å²) >= 11 is 7.72. The molecular weight excluding hydrogens is 278 g/mol. The lowest BCUT2D eigenvalue weighted by Gasteiger charge is -2.15. The summed E-state index contributed by atoms with van der Waals surface area (Å²) in [6.07, 6.45) is 1.84. The minimum absolute atomic E-state index is 0.153. The summed E-state index contributed by atoms with van der Waals surface area (Å²) in [5, 5.41) is 3.08. The summed E-state index contributed by atoms with van der Waals surface area (Å²) in [7, 11) is 0. The number of halogens is 1. The highest BCUT2D eigenvalue weighted by atomic mass is 35.5.